The Balaban J connectivity index is 2.42. The zero-order chi connectivity index (χ0) is 14.7. The van der Waals surface area contributed by atoms with Gasteiger partial charge in [0.05, 0.1) is 4.92 Å². The van der Waals surface area contributed by atoms with Gasteiger partial charge in [0.2, 0.25) is 0 Å². The van der Waals surface area contributed by atoms with E-state index in [2.05, 4.69) is 10.3 Å². The van der Waals surface area contributed by atoms with Gasteiger partial charge in [-0.15, -0.1) is 0 Å². The molecule has 2 aromatic rings. The Labute approximate surface area is 124 Å². The highest BCUT2D eigenvalue weighted by atomic mass is 35.5. The molecule has 0 fully saturated rings. The van der Waals surface area contributed by atoms with E-state index in [-0.39, 0.29) is 17.3 Å². The van der Waals surface area contributed by atoms with E-state index in [9.17, 15) is 10.1 Å². The third-order valence-corrected chi connectivity index (χ3v) is 2.78. The maximum Gasteiger partial charge on any atom is 0.331 e. The van der Waals surface area contributed by atoms with E-state index in [1.165, 1.54) is 30.3 Å². The van der Waals surface area contributed by atoms with Gasteiger partial charge >= 0.3 is 11.6 Å². The number of rotatable bonds is 4. The summed E-state index contributed by atoms with van der Waals surface area (Å²) in [6.07, 6.45) is 0. The first-order chi connectivity index (χ1) is 9.49. The Morgan fingerprint density at radius 3 is 2.45 bits per heavy atom. The van der Waals surface area contributed by atoms with E-state index in [1.807, 2.05) is 0 Å². The number of nitrogens with one attached hydrogen (secondary N) is 1. The number of hydrogen-bond donors (Lipinski definition) is 1. The predicted molar refractivity (Wildman–Crippen MR) is 77.0 cm³/mol. The SMILES string of the molecule is CNc1ccc([N+](=O)[O-])c(Oc2cc(Cl)cc(Cl)c2)n1. The monoisotopic (exact) mass is 313 g/mol. The van der Waals surface area contributed by atoms with Crippen LogP contribution >= 0.6 is 23.2 Å². The average molecular weight is 314 g/mol. The highest BCUT2D eigenvalue weighted by Gasteiger charge is 2.18. The lowest BCUT2D eigenvalue weighted by molar-refractivity contribution is -0.386. The van der Waals surface area contributed by atoms with Crippen molar-refractivity contribution in [3.05, 3.63) is 50.5 Å². The van der Waals surface area contributed by atoms with Crippen LogP contribution in [0.15, 0.2) is 30.3 Å². The van der Waals surface area contributed by atoms with Gasteiger partial charge in [0.1, 0.15) is 11.6 Å². The fraction of sp³-hybridized carbons (Fsp3) is 0.0833. The molecule has 104 valence electrons. The molecule has 0 atom stereocenters. The second kappa shape index (κ2) is 5.94. The van der Waals surface area contributed by atoms with E-state index in [1.54, 1.807) is 7.05 Å². The van der Waals surface area contributed by atoms with Crippen molar-refractivity contribution >= 4 is 34.7 Å². The van der Waals surface area contributed by atoms with Crippen LogP contribution in [0.2, 0.25) is 10.0 Å². The van der Waals surface area contributed by atoms with Crippen molar-refractivity contribution in [3.63, 3.8) is 0 Å². The van der Waals surface area contributed by atoms with Crippen molar-refractivity contribution in [1.29, 1.82) is 0 Å². The third-order valence-electron chi connectivity index (χ3n) is 2.34. The molecule has 20 heavy (non-hydrogen) atoms. The van der Waals surface area contributed by atoms with Crippen LogP contribution in [0.1, 0.15) is 0 Å². The summed E-state index contributed by atoms with van der Waals surface area (Å²) in [5, 5.41) is 14.5. The molecule has 0 aliphatic heterocycles. The summed E-state index contributed by atoms with van der Waals surface area (Å²) in [5.41, 5.74) is -0.250. The number of hydrogen-bond acceptors (Lipinski definition) is 5. The van der Waals surface area contributed by atoms with Crippen molar-refractivity contribution in [2.45, 2.75) is 0 Å². The minimum atomic E-state index is -0.575. The van der Waals surface area contributed by atoms with E-state index in [0.717, 1.165) is 0 Å². The maximum absolute atomic E-state index is 11.0. The molecule has 0 spiro atoms. The minimum absolute atomic E-state index is 0.139. The first-order valence-corrected chi connectivity index (χ1v) is 6.22. The van der Waals surface area contributed by atoms with Crippen LogP contribution in [0.4, 0.5) is 11.5 Å². The van der Waals surface area contributed by atoms with Crippen molar-refractivity contribution in [3.8, 4) is 11.6 Å². The summed E-state index contributed by atoms with van der Waals surface area (Å²) in [4.78, 5) is 14.4. The lowest BCUT2D eigenvalue weighted by atomic mass is 10.3. The molecule has 8 heteroatoms. The first-order valence-electron chi connectivity index (χ1n) is 5.46. The number of aromatic nitrogens is 1. The molecule has 0 aliphatic rings. The standard InChI is InChI=1S/C12H9Cl2N3O3/c1-15-11-3-2-10(17(18)19)12(16-11)20-9-5-7(13)4-8(14)6-9/h2-6H,1H3,(H,15,16). The molecule has 0 radical (unpaired) electrons. The molecule has 0 saturated heterocycles. The quantitative estimate of drug-likeness (QED) is 0.678. The largest absolute Gasteiger partial charge is 0.434 e. The number of nitrogens with zero attached hydrogens (tertiary/aromatic N) is 2. The normalized spacial score (nSPS) is 10.2. The summed E-state index contributed by atoms with van der Waals surface area (Å²) in [7, 11) is 1.65. The van der Waals surface area contributed by atoms with Gasteiger partial charge in [-0.3, -0.25) is 10.1 Å². The number of halogens is 2. The summed E-state index contributed by atoms with van der Waals surface area (Å²) in [6, 6.07) is 7.30. The van der Waals surface area contributed by atoms with E-state index < -0.39 is 4.92 Å². The molecule has 2 rings (SSSR count). The minimum Gasteiger partial charge on any atom is -0.434 e. The van der Waals surface area contributed by atoms with Crippen molar-refractivity contribution in [2.75, 3.05) is 12.4 Å². The molecule has 1 aromatic carbocycles. The fourth-order valence-electron chi connectivity index (χ4n) is 1.49. The predicted octanol–water partition coefficient (Wildman–Crippen LogP) is 4.13. The van der Waals surface area contributed by atoms with Crippen molar-refractivity contribution in [2.24, 2.45) is 0 Å². The highest BCUT2D eigenvalue weighted by Crippen LogP contribution is 2.33. The molecule has 0 amide bonds. The lowest BCUT2D eigenvalue weighted by Gasteiger charge is -2.08. The average Bonchev–Trinajstić information content (AvgIpc) is 2.37. The van der Waals surface area contributed by atoms with Gasteiger partial charge in [-0.25, -0.2) is 0 Å². The van der Waals surface area contributed by atoms with Gasteiger partial charge in [-0.2, -0.15) is 4.98 Å². The van der Waals surface area contributed by atoms with Crippen LogP contribution < -0.4 is 10.1 Å². The fourth-order valence-corrected chi connectivity index (χ4v) is 1.99. The number of benzene rings is 1. The Bertz CT molecular complexity index is 644. The summed E-state index contributed by atoms with van der Waals surface area (Å²) < 4.78 is 5.41. The zero-order valence-corrected chi connectivity index (χ0v) is 11.8. The number of ether oxygens (including phenoxy) is 1. The molecule has 1 aromatic heterocycles. The molecule has 0 aliphatic carbocycles. The molecular formula is C12H9Cl2N3O3. The van der Waals surface area contributed by atoms with Crippen LogP contribution in [0.5, 0.6) is 11.6 Å². The maximum atomic E-state index is 11.0. The topological polar surface area (TPSA) is 77.3 Å². The smallest absolute Gasteiger partial charge is 0.331 e. The Morgan fingerprint density at radius 2 is 1.90 bits per heavy atom. The number of nitro groups is 1. The van der Waals surface area contributed by atoms with Crippen LogP contribution in [-0.4, -0.2) is 17.0 Å². The second-order valence-electron chi connectivity index (χ2n) is 3.74. The van der Waals surface area contributed by atoms with Crippen LogP contribution in [0.25, 0.3) is 0 Å². The van der Waals surface area contributed by atoms with E-state index in [4.69, 9.17) is 27.9 Å². The number of pyridine rings is 1. The van der Waals surface area contributed by atoms with E-state index in [0.29, 0.717) is 15.9 Å². The number of anilines is 1. The van der Waals surface area contributed by atoms with Crippen LogP contribution in [0, 0.1) is 10.1 Å². The molecule has 0 saturated carbocycles. The molecule has 0 bridgehead atoms. The van der Waals surface area contributed by atoms with Crippen molar-refractivity contribution < 1.29 is 9.66 Å². The Morgan fingerprint density at radius 1 is 1.25 bits per heavy atom. The third kappa shape index (κ3) is 3.28. The lowest BCUT2D eigenvalue weighted by Crippen LogP contribution is -1.99. The first kappa shape index (κ1) is 14.4. The van der Waals surface area contributed by atoms with Gasteiger partial charge in [0.25, 0.3) is 0 Å². The highest BCUT2D eigenvalue weighted by molar-refractivity contribution is 6.34. The summed E-state index contributed by atoms with van der Waals surface area (Å²) in [5.74, 6) is 0.574. The second-order valence-corrected chi connectivity index (χ2v) is 4.61. The molecule has 1 heterocycles. The molecule has 6 nitrogen and oxygen atoms in total. The van der Waals surface area contributed by atoms with Crippen molar-refractivity contribution in [1.82, 2.24) is 4.98 Å². The molecule has 0 unspecified atom stereocenters. The Kier molecular flexibility index (Phi) is 4.26. The summed E-state index contributed by atoms with van der Waals surface area (Å²) in [6.45, 7) is 0. The van der Waals surface area contributed by atoms with Gasteiger partial charge < -0.3 is 10.1 Å². The molecular weight excluding hydrogens is 305 g/mol. The van der Waals surface area contributed by atoms with Crippen LogP contribution in [-0.2, 0) is 0 Å². The van der Waals surface area contributed by atoms with Gasteiger partial charge in [0.15, 0.2) is 0 Å². The summed E-state index contributed by atoms with van der Waals surface area (Å²) >= 11 is 11.7. The zero-order valence-electron chi connectivity index (χ0n) is 10.3. The van der Waals surface area contributed by atoms with Gasteiger partial charge in [0, 0.05) is 23.2 Å². The van der Waals surface area contributed by atoms with Gasteiger partial charge in [-0.05, 0) is 24.3 Å². The Hall–Kier alpha value is -2.05. The van der Waals surface area contributed by atoms with E-state index >= 15 is 0 Å². The molecule has 1 N–H and O–H groups in total. The van der Waals surface area contributed by atoms with Gasteiger partial charge in [-0.1, -0.05) is 23.2 Å². The van der Waals surface area contributed by atoms with Crippen LogP contribution in [0.3, 0.4) is 0 Å².